The van der Waals surface area contributed by atoms with Crippen molar-refractivity contribution in [3.8, 4) is 0 Å². The summed E-state index contributed by atoms with van der Waals surface area (Å²) in [6, 6.07) is 9.40. The molecule has 2 heterocycles. The first-order chi connectivity index (χ1) is 15.7. The minimum Gasteiger partial charge on any atom is -0.467 e. The van der Waals surface area contributed by atoms with Gasteiger partial charge in [-0.1, -0.05) is 35.9 Å². The predicted molar refractivity (Wildman–Crippen MR) is 125 cm³/mol. The largest absolute Gasteiger partial charge is 0.467 e. The molecule has 1 aromatic carbocycles. The minimum absolute atomic E-state index is 0.149. The highest BCUT2D eigenvalue weighted by Gasteiger charge is 2.42. The first-order valence-corrected chi connectivity index (χ1v) is 11.6. The molecule has 0 saturated carbocycles. The van der Waals surface area contributed by atoms with Crippen LogP contribution in [0.15, 0.2) is 36.5 Å². The molecule has 0 bridgehead atoms. The first kappa shape index (κ1) is 23.5. The van der Waals surface area contributed by atoms with E-state index in [9.17, 15) is 9.59 Å². The molecular formula is C25H30ClN3O4. The molecule has 1 amide bonds. The number of halogens is 1. The molecule has 1 unspecified atom stereocenters. The summed E-state index contributed by atoms with van der Waals surface area (Å²) in [4.78, 5) is 34.0. The lowest BCUT2D eigenvalue weighted by atomic mass is 9.95. The van der Waals surface area contributed by atoms with Crippen LogP contribution in [0.4, 0.5) is 4.79 Å². The van der Waals surface area contributed by atoms with Crippen LogP contribution in [0.1, 0.15) is 49.2 Å². The SMILES string of the molecule is COC(=O)[C@H]1CN(C2c3ccccc3CCc3cc(Cl)cnc32)CCN1C(=O)OC(C)(C)C. The Labute approximate surface area is 199 Å². The minimum atomic E-state index is -0.773. The van der Waals surface area contributed by atoms with Gasteiger partial charge in [0.05, 0.1) is 23.9 Å². The van der Waals surface area contributed by atoms with E-state index < -0.39 is 23.7 Å². The molecule has 2 aliphatic rings. The van der Waals surface area contributed by atoms with Crippen LogP contribution < -0.4 is 0 Å². The standard InChI is InChI=1S/C25H30ClN3O4/c1-25(2,3)33-24(31)29-12-11-28(15-20(29)23(30)32-4)22-19-8-6-5-7-16(19)9-10-17-13-18(26)14-27-21(17)22/h5-8,13-14,20,22H,9-12,15H2,1-4H3/t20-,22?/m1/s1. The van der Waals surface area contributed by atoms with Crippen molar-refractivity contribution in [2.24, 2.45) is 0 Å². The number of fused-ring (bicyclic) bond motifs is 2. The Morgan fingerprint density at radius 1 is 1.12 bits per heavy atom. The van der Waals surface area contributed by atoms with Crippen LogP contribution in [0.2, 0.25) is 5.02 Å². The number of esters is 1. The Morgan fingerprint density at radius 3 is 2.58 bits per heavy atom. The maximum atomic E-state index is 12.9. The molecule has 1 aromatic heterocycles. The molecule has 0 spiro atoms. The summed E-state index contributed by atoms with van der Waals surface area (Å²) in [5, 5.41) is 0.612. The smallest absolute Gasteiger partial charge is 0.411 e. The van der Waals surface area contributed by atoms with Crippen LogP contribution in [0.5, 0.6) is 0 Å². The van der Waals surface area contributed by atoms with Gasteiger partial charge in [0.1, 0.15) is 11.6 Å². The molecule has 1 saturated heterocycles. The summed E-state index contributed by atoms with van der Waals surface area (Å²) in [6.07, 6.45) is 2.90. The molecular weight excluding hydrogens is 442 g/mol. The number of carbonyl (C=O) groups is 2. The highest BCUT2D eigenvalue weighted by atomic mass is 35.5. The van der Waals surface area contributed by atoms with Crippen molar-refractivity contribution >= 4 is 23.7 Å². The molecule has 0 N–H and O–H groups in total. The van der Waals surface area contributed by atoms with Crippen molar-refractivity contribution in [1.29, 1.82) is 0 Å². The molecule has 33 heavy (non-hydrogen) atoms. The van der Waals surface area contributed by atoms with E-state index in [1.165, 1.54) is 23.1 Å². The lowest BCUT2D eigenvalue weighted by molar-refractivity contribution is -0.149. The monoisotopic (exact) mass is 471 g/mol. The number of rotatable bonds is 2. The third-order valence-electron chi connectivity index (χ3n) is 6.12. The van der Waals surface area contributed by atoms with Crippen molar-refractivity contribution in [2.75, 3.05) is 26.7 Å². The molecule has 1 fully saturated rings. The van der Waals surface area contributed by atoms with E-state index in [0.717, 1.165) is 24.1 Å². The highest BCUT2D eigenvalue weighted by Crippen LogP contribution is 2.37. The molecule has 7 nitrogen and oxygen atoms in total. The van der Waals surface area contributed by atoms with E-state index >= 15 is 0 Å². The van der Waals surface area contributed by atoms with Gasteiger partial charge in [-0.05, 0) is 56.4 Å². The van der Waals surface area contributed by atoms with Crippen molar-refractivity contribution in [2.45, 2.75) is 51.3 Å². The quantitative estimate of drug-likeness (QED) is 0.616. The fourth-order valence-electron chi connectivity index (χ4n) is 4.67. The maximum absolute atomic E-state index is 12.9. The van der Waals surface area contributed by atoms with Crippen molar-refractivity contribution < 1.29 is 19.1 Å². The van der Waals surface area contributed by atoms with Gasteiger partial charge in [-0.2, -0.15) is 0 Å². The summed E-state index contributed by atoms with van der Waals surface area (Å²) < 4.78 is 10.6. The van der Waals surface area contributed by atoms with E-state index in [-0.39, 0.29) is 6.04 Å². The van der Waals surface area contributed by atoms with E-state index in [1.807, 2.05) is 39.0 Å². The zero-order valence-corrected chi connectivity index (χ0v) is 20.3. The number of carbonyl (C=O) groups excluding carboxylic acids is 2. The average molecular weight is 472 g/mol. The van der Waals surface area contributed by atoms with Gasteiger partial charge in [-0.3, -0.25) is 14.8 Å². The zero-order valence-electron chi connectivity index (χ0n) is 19.5. The zero-order chi connectivity index (χ0) is 23.8. The molecule has 8 heteroatoms. The molecule has 2 aromatic rings. The number of hydrogen-bond acceptors (Lipinski definition) is 6. The maximum Gasteiger partial charge on any atom is 0.411 e. The van der Waals surface area contributed by atoms with Gasteiger partial charge in [-0.25, -0.2) is 9.59 Å². The number of nitrogens with zero attached hydrogens (tertiary/aromatic N) is 3. The second-order valence-electron chi connectivity index (χ2n) is 9.51. The van der Waals surface area contributed by atoms with Gasteiger partial charge in [0.2, 0.25) is 0 Å². The van der Waals surface area contributed by atoms with Crippen LogP contribution in [-0.2, 0) is 27.1 Å². The number of pyridine rings is 1. The van der Waals surface area contributed by atoms with Gasteiger partial charge >= 0.3 is 12.1 Å². The number of piperazine rings is 1. The van der Waals surface area contributed by atoms with E-state index in [4.69, 9.17) is 26.1 Å². The van der Waals surface area contributed by atoms with Gasteiger partial charge in [0, 0.05) is 25.8 Å². The summed E-state index contributed by atoms with van der Waals surface area (Å²) in [5.74, 6) is -0.461. The first-order valence-electron chi connectivity index (χ1n) is 11.2. The average Bonchev–Trinajstić information content (AvgIpc) is 2.93. The Balaban J connectivity index is 1.71. The number of ether oxygens (including phenoxy) is 2. The fourth-order valence-corrected chi connectivity index (χ4v) is 4.85. The Morgan fingerprint density at radius 2 is 1.85 bits per heavy atom. The number of hydrogen-bond donors (Lipinski definition) is 0. The van der Waals surface area contributed by atoms with Gasteiger partial charge in [0.25, 0.3) is 0 Å². The molecule has 1 aliphatic heterocycles. The van der Waals surface area contributed by atoms with Crippen LogP contribution >= 0.6 is 11.6 Å². The van der Waals surface area contributed by atoms with E-state index in [2.05, 4.69) is 17.0 Å². The van der Waals surface area contributed by atoms with Gasteiger partial charge < -0.3 is 9.47 Å². The molecule has 0 radical (unpaired) electrons. The van der Waals surface area contributed by atoms with E-state index in [1.54, 1.807) is 6.20 Å². The normalized spacial score (nSPS) is 20.9. The third-order valence-corrected chi connectivity index (χ3v) is 6.33. The predicted octanol–water partition coefficient (Wildman–Crippen LogP) is 4.02. The van der Waals surface area contributed by atoms with Crippen LogP contribution in [0.3, 0.4) is 0 Å². The topological polar surface area (TPSA) is 72.0 Å². The number of benzene rings is 1. The van der Waals surface area contributed by atoms with Gasteiger partial charge in [-0.15, -0.1) is 0 Å². The molecule has 176 valence electrons. The molecule has 1 aliphatic carbocycles. The Bertz CT molecular complexity index is 1050. The highest BCUT2D eigenvalue weighted by molar-refractivity contribution is 6.30. The number of aromatic nitrogens is 1. The van der Waals surface area contributed by atoms with Crippen LogP contribution in [0.25, 0.3) is 0 Å². The van der Waals surface area contributed by atoms with Crippen molar-refractivity contribution in [3.05, 3.63) is 63.9 Å². The second-order valence-corrected chi connectivity index (χ2v) is 9.94. The molecule has 4 rings (SSSR count). The Kier molecular flexibility index (Phi) is 6.64. The van der Waals surface area contributed by atoms with E-state index in [0.29, 0.717) is 24.7 Å². The van der Waals surface area contributed by atoms with Crippen molar-refractivity contribution in [3.63, 3.8) is 0 Å². The summed E-state index contributed by atoms with van der Waals surface area (Å²) in [6.45, 7) is 6.65. The number of amides is 1. The lowest BCUT2D eigenvalue weighted by Crippen LogP contribution is -2.59. The summed E-state index contributed by atoms with van der Waals surface area (Å²) in [5.41, 5.74) is 3.81. The fraction of sp³-hybridized carbons (Fsp3) is 0.480. The summed E-state index contributed by atoms with van der Waals surface area (Å²) >= 11 is 6.27. The Hall–Kier alpha value is -2.64. The second kappa shape index (κ2) is 9.31. The lowest BCUT2D eigenvalue weighted by Gasteiger charge is -2.43. The van der Waals surface area contributed by atoms with Gasteiger partial charge in [0.15, 0.2) is 0 Å². The number of aryl methyl sites for hydroxylation is 2. The van der Waals surface area contributed by atoms with Crippen molar-refractivity contribution in [1.82, 2.24) is 14.8 Å². The van der Waals surface area contributed by atoms with Crippen LogP contribution in [-0.4, -0.2) is 65.2 Å². The number of methoxy groups -OCH3 is 1. The molecule has 2 atom stereocenters. The third kappa shape index (κ3) is 4.99. The summed E-state index contributed by atoms with van der Waals surface area (Å²) in [7, 11) is 1.34. The van der Waals surface area contributed by atoms with Crippen LogP contribution in [0, 0.1) is 0 Å².